The van der Waals surface area contributed by atoms with E-state index >= 15 is 0 Å². The molecular weight excluding hydrogens is 260 g/mol. The predicted molar refractivity (Wildman–Crippen MR) is 86.0 cm³/mol. The second-order valence-corrected chi connectivity index (χ2v) is 6.28. The zero-order valence-electron chi connectivity index (χ0n) is 13.0. The number of piperidine rings is 1. The summed E-state index contributed by atoms with van der Waals surface area (Å²) >= 11 is 0. The van der Waals surface area contributed by atoms with Crippen LogP contribution in [0.5, 0.6) is 0 Å². The number of hydrogen-bond acceptors (Lipinski definition) is 1. The Morgan fingerprint density at radius 2 is 2.14 bits per heavy atom. The number of quaternary nitrogens is 1. The molecule has 2 atom stereocenters. The minimum Gasteiger partial charge on any atom is -0.358 e. The summed E-state index contributed by atoms with van der Waals surface area (Å²) in [5.74, 6) is 0.292. The van der Waals surface area contributed by atoms with Crippen LogP contribution in [-0.4, -0.2) is 29.9 Å². The van der Waals surface area contributed by atoms with Crippen molar-refractivity contribution in [3.05, 3.63) is 35.5 Å². The average Bonchev–Trinajstić information content (AvgIpc) is 2.83. The molecule has 1 saturated heterocycles. The zero-order valence-corrected chi connectivity index (χ0v) is 13.0. The largest absolute Gasteiger partial charge is 0.358 e. The van der Waals surface area contributed by atoms with Crippen LogP contribution in [0.25, 0.3) is 10.9 Å². The fourth-order valence-corrected chi connectivity index (χ4v) is 3.81. The molecule has 0 spiro atoms. The number of carbonyl (C=O) groups is 1. The molecule has 1 unspecified atom stereocenters. The van der Waals surface area contributed by atoms with Gasteiger partial charge in [-0.15, -0.1) is 0 Å². The van der Waals surface area contributed by atoms with Crippen molar-refractivity contribution in [2.45, 2.75) is 45.6 Å². The number of aryl methyl sites for hydroxylation is 1. The first-order valence-electron chi connectivity index (χ1n) is 8.15. The molecule has 112 valence electrons. The van der Waals surface area contributed by atoms with Gasteiger partial charge in [0.2, 0.25) is 5.78 Å². The van der Waals surface area contributed by atoms with E-state index in [1.807, 2.05) is 25.1 Å². The third kappa shape index (κ3) is 2.75. The third-order valence-corrected chi connectivity index (χ3v) is 4.93. The summed E-state index contributed by atoms with van der Waals surface area (Å²) < 4.78 is 0. The lowest BCUT2D eigenvalue weighted by atomic mass is 9.98. The summed E-state index contributed by atoms with van der Waals surface area (Å²) in [5.41, 5.74) is 2.98. The Balaban J connectivity index is 1.85. The Hall–Kier alpha value is -1.61. The molecule has 3 rings (SSSR count). The monoisotopic (exact) mass is 285 g/mol. The van der Waals surface area contributed by atoms with Gasteiger partial charge in [-0.3, -0.25) is 4.79 Å². The highest BCUT2D eigenvalue weighted by Gasteiger charge is 2.28. The number of likely N-dealkylation sites (tertiary alicyclic amines) is 1. The number of fused-ring (bicyclic) bond motifs is 1. The highest BCUT2D eigenvalue weighted by atomic mass is 16.1. The van der Waals surface area contributed by atoms with Gasteiger partial charge in [-0.25, -0.2) is 0 Å². The summed E-state index contributed by atoms with van der Waals surface area (Å²) in [6, 6.07) is 8.77. The molecule has 21 heavy (non-hydrogen) atoms. The number of benzene rings is 1. The van der Waals surface area contributed by atoms with Gasteiger partial charge in [0.15, 0.2) is 0 Å². The lowest BCUT2D eigenvalue weighted by Crippen LogP contribution is -3.17. The molecule has 3 heteroatoms. The molecule has 3 nitrogen and oxygen atoms in total. The van der Waals surface area contributed by atoms with Crippen molar-refractivity contribution in [3.63, 3.8) is 0 Å². The second-order valence-electron chi connectivity index (χ2n) is 6.28. The fraction of sp³-hybridized carbons (Fsp3) is 0.500. The van der Waals surface area contributed by atoms with E-state index in [2.05, 4.69) is 18.0 Å². The zero-order chi connectivity index (χ0) is 14.8. The van der Waals surface area contributed by atoms with Crippen molar-refractivity contribution in [3.8, 4) is 0 Å². The number of ketones is 1. The number of aromatic amines is 1. The predicted octanol–water partition coefficient (Wildman–Crippen LogP) is 2.51. The fourth-order valence-electron chi connectivity index (χ4n) is 3.81. The van der Waals surface area contributed by atoms with Gasteiger partial charge in [0, 0.05) is 16.6 Å². The molecule has 2 N–H and O–H groups in total. The third-order valence-electron chi connectivity index (χ3n) is 4.93. The molecule has 0 amide bonds. The lowest BCUT2D eigenvalue weighted by molar-refractivity contribution is -0.922. The van der Waals surface area contributed by atoms with E-state index in [0.29, 0.717) is 18.4 Å². The summed E-state index contributed by atoms with van der Waals surface area (Å²) in [6.07, 6.45) is 5.02. The molecular formula is C18H25N2O+. The number of carbonyl (C=O) groups excluding carboxylic acids is 1. The minimum absolute atomic E-state index is 0.292. The van der Waals surface area contributed by atoms with Crippen LogP contribution in [0.4, 0.5) is 0 Å². The Bertz CT molecular complexity index is 644. The summed E-state index contributed by atoms with van der Waals surface area (Å²) in [4.78, 5) is 17.7. The molecule has 1 aromatic carbocycles. The normalized spacial score (nSPS) is 22.6. The topological polar surface area (TPSA) is 37.3 Å². The number of Topliss-reactive ketones (excluding diaryl/α,β-unsaturated/α-hetero) is 1. The van der Waals surface area contributed by atoms with Crippen LogP contribution in [0.1, 0.15) is 48.7 Å². The maximum atomic E-state index is 12.8. The standard InChI is InChI=1S/C18H24N2O/c1-3-14-8-6-7-11-20(14)12-17(21)18-13(2)19-16-10-5-4-9-15(16)18/h4-5,9-10,14,19H,3,6-8,11-12H2,1-2H3/p+1/t14-/m0/s1. The summed E-state index contributed by atoms with van der Waals surface area (Å²) in [5, 5.41) is 1.07. The SMILES string of the molecule is CC[C@H]1CCCC[NH+]1CC(=O)c1c(C)[nH]c2ccccc12. The molecule has 0 saturated carbocycles. The van der Waals surface area contributed by atoms with Crippen LogP contribution in [-0.2, 0) is 0 Å². The minimum atomic E-state index is 0.292. The first-order chi connectivity index (χ1) is 10.2. The molecule has 1 aromatic heterocycles. The van der Waals surface area contributed by atoms with E-state index in [0.717, 1.165) is 28.7 Å². The molecule has 2 aromatic rings. The van der Waals surface area contributed by atoms with Gasteiger partial charge >= 0.3 is 0 Å². The van der Waals surface area contributed by atoms with Crippen LogP contribution in [0.2, 0.25) is 0 Å². The van der Waals surface area contributed by atoms with E-state index in [9.17, 15) is 4.79 Å². The Morgan fingerprint density at radius 3 is 2.95 bits per heavy atom. The molecule has 0 aliphatic carbocycles. The molecule has 2 heterocycles. The van der Waals surface area contributed by atoms with Gasteiger partial charge in [-0.2, -0.15) is 0 Å². The molecule has 0 radical (unpaired) electrons. The van der Waals surface area contributed by atoms with Gasteiger partial charge < -0.3 is 9.88 Å². The number of para-hydroxylation sites is 1. The second kappa shape index (κ2) is 6.02. The number of H-pyrrole nitrogens is 1. The van der Waals surface area contributed by atoms with Crippen LogP contribution >= 0.6 is 0 Å². The summed E-state index contributed by atoms with van der Waals surface area (Å²) in [6.45, 7) is 6.04. The van der Waals surface area contributed by atoms with Crippen LogP contribution in [0.15, 0.2) is 24.3 Å². The van der Waals surface area contributed by atoms with Crippen LogP contribution in [0.3, 0.4) is 0 Å². The number of aromatic nitrogens is 1. The maximum absolute atomic E-state index is 12.8. The van der Waals surface area contributed by atoms with Gasteiger partial charge in [-0.05, 0) is 38.7 Å². The van der Waals surface area contributed by atoms with E-state index in [4.69, 9.17) is 0 Å². The van der Waals surface area contributed by atoms with Crippen molar-refractivity contribution >= 4 is 16.7 Å². The Kier molecular flexibility index (Phi) is 4.11. The van der Waals surface area contributed by atoms with Gasteiger partial charge in [0.25, 0.3) is 0 Å². The molecule has 0 bridgehead atoms. The molecule has 1 aliphatic rings. The van der Waals surface area contributed by atoms with Gasteiger partial charge in [0.1, 0.15) is 6.54 Å². The first-order valence-corrected chi connectivity index (χ1v) is 8.15. The van der Waals surface area contributed by atoms with Crippen molar-refractivity contribution in [2.24, 2.45) is 0 Å². The van der Waals surface area contributed by atoms with E-state index in [1.165, 1.54) is 30.6 Å². The molecule has 1 fully saturated rings. The first kappa shape index (κ1) is 14.3. The smallest absolute Gasteiger partial charge is 0.219 e. The van der Waals surface area contributed by atoms with E-state index in [1.54, 1.807) is 0 Å². The number of rotatable bonds is 4. The van der Waals surface area contributed by atoms with Crippen LogP contribution in [0, 0.1) is 6.92 Å². The highest BCUT2D eigenvalue weighted by Crippen LogP contribution is 2.22. The lowest BCUT2D eigenvalue weighted by Gasteiger charge is -2.31. The summed E-state index contributed by atoms with van der Waals surface area (Å²) in [7, 11) is 0. The van der Waals surface area contributed by atoms with Crippen LogP contribution < -0.4 is 4.90 Å². The Labute approximate surface area is 126 Å². The maximum Gasteiger partial charge on any atom is 0.219 e. The van der Waals surface area contributed by atoms with Crippen molar-refractivity contribution < 1.29 is 9.69 Å². The van der Waals surface area contributed by atoms with Crippen molar-refractivity contribution in [1.29, 1.82) is 0 Å². The number of hydrogen-bond donors (Lipinski definition) is 2. The molecule has 1 aliphatic heterocycles. The number of nitrogens with one attached hydrogen (secondary N) is 2. The Morgan fingerprint density at radius 1 is 1.33 bits per heavy atom. The van der Waals surface area contributed by atoms with E-state index in [-0.39, 0.29) is 0 Å². The average molecular weight is 285 g/mol. The van der Waals surface area contributed by atoms with Gasteiger partial charge in [-0.1, -0.05) is 25.1 Å². The highest BCUT2D eigenvalue weighted by molar-refractivity contribution is 6.09. The van der Waals surface area contributed by atoms with Crippen molar-refractivity contribution in [1.82, 2.24) is 4.98 Å². The van der Waals surface area contributed by atoms with E-state index < -0.39 is 0 Å². The quantitative estimate of drug-likeness (QED) is 0.832. The van der Waals surface area contributed by atoms with Gasteiger partial charge in [0.05, 0.1) is 18.2 Å². The van der Waals surface area contributed by atoms with Crippen molar-refractivity contribution in [2.75, 3.05) is 13.1 Å².